The van der Waals surface area contributed by atoms with Crippen molar-refractivity contribution >= 4 is 45.9 Å². The molecule has 4 rings (SSSR count). The van der Waals surface area contributed by atoms with Crippen LogP contribution in [0.4, 0.5) is 16.2 Å². The number of halogens is 1. The highest BCUT2D eigenvalue weighted by Crippen LogP contribution is 2.29. The molecule has 2 heterocycles. The van der Waals surface area contributed by atoms with Crippen LogP contribution in [0, 0.1) is 6.92 Å². The van der Waals surface area contributed by atoms with Gasteiger partial charge in [-0.2, -0.15) is 0 Å². The van der Waals surface area contributed by atoms with Crippen LogP contribution in [0.25, 0.3) is 11.0 Å². The molecule has 2 aromatic carbocycles. The Morgan fingerprint density at radius 2 is 2.12 bits per heavy atom. The summed E-state index contributed by atoms with van der Waals surface area (Å²) >= 11 is 6.02. The summed E-state index contributed by atoms with van der Waals surface area (Å²) in [4.78, 5) is 26.1. The van der Waals surface area contributed by atoms with Gasteiger partial charge in [0, 0.05) is 40.4 Å². The maximum absolute atomic E-state index is 12.7. The molecule has 0 unspecified atom stereocenters. The van der Waals surface area contributed by atoms with Crippen LogP contribution in [0.3, 0.4) is 0 Å². The van der Waals surface area contributed by atoms with Crippen LogP contribution in [-0.4, -0.2) is 25.0 Å². The van der Waals surface area contributed by atoms with Crippen LogP contribution in [0.15, 0.2) is 46.9 Å². The second-order valence-corrected chi connectivity index (χ2v) is 6.52. The van der Waals surface area contributed by atoms with Crippen LogP contribution in [0.2, 0.25) is 5.02 Å². The molecule has 0 saturated carbocycles. The van der Waals surface area contributed by atoms with Crippen molar-refractivity contribution in [1.29, 1.82) is 0 Å². The van der Waals surface area contributed by atoms with E-state index in [1.807, 2.05) is 13.0 Å². The zero-order valence-electron chi connectivity index (χ0n) is 14.0. The lowest BCUT2D eigenvalue weighted by molar-refractivity contribution is 0.0998. The fourth-order valence-electron chi connectivity index (χ4n) is 3.07. The van der Waals surface area contributed by atoms with Crippen LogP contribution in [-0.2, 0) is 0 Å². The SMILES string of the molecule is Cc1c(C(=O)Nc2cccc(N3CCNC3=O)c2)oc2ccc(Cl)cc12. The summed E-state index contributed by atoms with van der Waals surface area (Å²) in [6, 6.07) is 12.3. The Morgan fingerprint density at radius 1 is 1.27 bits per heavy atom. The predicted octanol–water partition coefficient (Wildman–Crippen LogP) is 4.18. The van der Waals surface area contributed by atoms with Crippen molar-refractivity contribution in [3.05, 3.63) is 58.8 Å². The fourth-order valence-corrected chi connectivity index (χ4v) is 3.24. The Labute approximate surface area is 154 Å². The summed E-state index contributed by atoms with van der Waals surface area (Å²) < 4.78 is 5.69. The van der Waals surface area contributed by atoms with Crippen LogP contribution < -0.4 is 15.5 Å². The van der Waals surface area contributed by atoms with Crippen molar-refractivity contribution < 1.29 is 14.0 Å². The number of fused-ring (bicyclic) bond motifs is 1. The van der Waals surface area contributed by atoms with Gasteiger partial charge < -0.3 is 15.1 Å². The highest BCUT2D eigenvalue weighted by molar-refractivity contribution is 6.31. The summed E-state index contributed by atoms with van der Waals surface area (Å²) in [6.45, 7) is 3.03. The molecule has 132 valence electrons. The quantitative estimate of drug-likeness (QED) is 0.727. The molecule has 3 aromatic rings. The molecule has 3 amide bonds. The molecule has 26 heavy (non-hydrogen) atoms. The molecule has 1 aliphatic heterocycles. The van der Waals surface area contributed by atoms with E-state index in [0.717, 1.165) is 16.6 Å². The number of urea groups is 1. The molecule has 7 heteroatoms. The number of rotatable bonds is 3. The lowest BCUT2D eigenvalue weighted by Gasteiger charge is -2.15. The van der Waals surface area contributed by atoms with Gasteiger partial charge in [0.1, 0.15) is 5.58 Å². The van der Waals surface area contributed by atoms with E-state index in [4.69, 9.17) is 16.0 Å². The first-order valence-electron chi connectivity index (χ1n) is 8.18. The topological polar surface area (TPSA) is 74.6 Å². The number of nitrogens with zero attached hydrogens (tertiary/aromatic N) is 1. The van der Waals surface area contributed by atoms with Crippen molar-refractivity contribution in [2.24, 2.45) is 0 Å². The fraction of sp³-hybridized carbons (Fsp3) is 0.158. The second kappa shape index (κ2) is 6.38. The van der Waals surface area contributed by atoms with E-state index in [2.05, 4.69) is 10.6 Å². The standard InChI is InChI=1S/C19H16ClN3O3/c1-11-15-9-12(20)5-6-16(15)26-17(11)18(24)22-13-3-2-4-14(10-13)23-8-7-21-19(23)25/h2-6,9-10H,7-8H2,1H3,(H,21,25)(H,22,24). The summed E-state index contributed by atoms with van der Waals surface area (Å²) in [5.41, 5.74) is 2.66. The molecule has 6 nitrogen and oxygen atoms in total. The van der Waals surface area contributed by atoms with Gasteiger partial charge >= 0.3 is 6.03 Å². The molecule has 1 saturated heterocycles. The minimum Gasteiger partial charge on any atom is -0.451 e. The number of hydrogen-bond acceptors (Lipinski definition) is 3. The molecule has 0 atom stereocenters. The Morgan fingerprint density at radius 3 is 2.88 bits per heavy atom. The van der Waals surface area contributed by atoms with Gasteiger partial charge in [0.05, 0.1) is 0 Å². The number of furan rings is 1. The number of anilines is 2. The minimum absolute atomic E-state index is 0.140. The van der Waals surface area contributed by atoms with Gasteiger partial charge in [0.25, 0.3) is 5.91 Å². The smallest absolute Gasteiger partial charge is 0.321 e. The molecule has 1 aromatic heterocycles. The maximum Gasteiger partial charge on any atom is 0.321 e. The first-order valence-corrected chi connectivity index (χ1v) is 8.56. The van der Waals surface area contributed by atoms with Crippen molar-refractivity contribution in [2.45, 2.75) is 6.92 Å². The molecule has 0 spiro atoms. The first kappa shape index (κ1) is 16.5. The molecule has 1 fully saturated rings. The van der Waals surface area contributed by atoms with E-state index in [0.29, 0.717) is 29.4 Å². The number of amides is 3. The lowest BCUT2D eigenvalue weighted by Crippen LogP contribution is -2.27. The van der Waals surface area contributed by atoms with Crippen molar-refractivity contribution in [3.8, 4) is 0 Å². The molecule has 0 radical (unpaired) electrons. The average molecular weight is 370 g/mol. The zero-order valence-corrected chi connectivity index (χ0v) is 14.8. The Kier molecular flexibility index (Phi) is 4.05. The molecular weight excluding hydrogens is 354 g/mol. The summed E-state index contributed by atoms with van der Waals surface area (Å²) in [5, 5.41) is 6.98. The van der Waals surface area contributed by atoms with E-state index in [1.54, 1.807) is 41.3 Å². The molecule has 1 aliphatic rings. The Balaban J connectivity index is 1.61. The van der Waals surface area contributed by atoms with Crippen molar-refractivity contribution in [1.82, 2.24) is 5.32 Å². The normalized spacial score (nSPS) is 13.9. The number of hydrogen-bond donors (Lipinski definition) is 2. The van der Waals surface area contributed by atoms with Crippen LogP contribution in [0.5, 0.6) is 0 Å². The Bertz CT molecular complexity index is 1030. The zero-order chi connectivity index (χ0) is 18.3. The minimum atomic E-state index is -0.349. The van der Waals surface area contributed by atoms with Gasteiger partial charge in [-0.1, -0.05) is 17.7 Å². The van der Waals surface area contributed by atoms with Gasteiger partial charge in [0.15, 0.2) is 5.76 Å². The predicted molar refractivity (Wildman–Crippen MR) is 101 cm³/mol. The lowest BCUT2D eigenvalue weighted by atomic mass is 10.1. The van der Waals surface area contributed by atoms with Gasteiger partial charge in [-0.15, -0.1) is 0 Å². The van der Waals surface area contributed by atoms with Crippen molar-refractivity contribution in [3.63, 3.8) is 0 Å². The average Bonchev–Trinajstić information content (AvgIpc) is 3.19. The summed E-state index contributed by atoms with van der Waals surface area (Å²) in [5.74, 6) is -0.107. The van der Waals surface area contributed by atoms with E-state index in [1.165, 1.54) is 0 Å². The number of nitrogens with one attached hydrogen (secondary N) is 2. The summed E-state index contributed by atoms with van der Waals surface area (Å²) in [6.07, 6.45) is 0. The summed E-state index contributed by atoms with van der Waals surface area (Å²) in [7, 11) is 0. The molecule has 0 bridgehead atoms. The first-order chi connectivity index (χ1) is 12.5. The van der Waals surface area contributed by atoms with Gasteiger partial charge in [-0.3, -0.25) is 9.69 Å². The number of benzene rings is 2. The highest BCUT2D eigenvalue weighted by atomic mass is 35.5. The van der Waals surface area contributed by atoms with Crippen molar-refractivity contribution in [2.75, 3.05) is 23.3 Å². The molecular formula is C19H16ClN3O3. The largest absolute Gasteiger partial charge is 0.451 e. The number of aryl methyl sites for hydroxylation is 1. The third-order valence-corrected chi connectivity index (χ3v) is 4.61. The van der Waals surface area contributed by atoms with Crippen LogP contribution in [0.1, 0.15) is 16.1 Å². The molecule has 2 N–H and O–H groups in total. The van der Waals surface area contributed by atoms with E-state index < -0.39 is 0 Å². The van der Waals surface area contributed by atoms with Gasteiger partial charge in [-0.25, -0.2) is 4.79 Å². The number of carbonyl (C=O) groups is 2. The maximum atomic E-state index is 12.7. The van der Waals surface area contributed by atoms with E-state index in [-0.39, 0.29) is 17.7 Å². The van der Waals surface area contributed by atoms with E-state index in [9.17, 15) is 9.59 Å². The van der Waals surface area contributed by atoms with Gasteiger partial charge in [0.2, 0.25) is 0 Å². The number of carbonyl (C=O) groups excluding carboxylic acids is 2. The van der Waals surface area contributed by atoms with E-state index >= 15 is 0 Å². The van der Waals surface area contributed by atoms with Gasteiger partial charge in [-0.05, 0) is 43.3 Å². The van der Waals surface area contributed by atoms with Crippen LogP contribution >= 0.6 is 11.6 Å². The highest BCUT2D eigenvalue weighted by Gasteiger charge is 2.22. The molecule has 0 aliphatic carbocycles. The monoisotopic (exact) mass is 369 g/mol. The third kappa shape index (κ3) is 2.88. The Hall–Kier alpha value is -2.99. The second-order valence-electron chi connectivity index (χ2n) is 6.08. The third-order valence-electron chi connectivity index (χ3n) is 4.38.